The van der Waals surface area contributed by atoms with Crippen molar-refractivity contribution in [3.63, 3.8) is 0 Å². The summed E-state index contributed by atoms with van der Waals surface area (Å²) in [4.78, 5) is 10.0. The van der Waals surface area contributed by atoms with Crippen molar-refractivity contribution in [2.24, 2.45) is 0 Å². The van der Waals surface area contributed by atoms with Crippen LogP contribution in [-0.4, -0.2) is 35.6 Å². The summed E-state index contributed by atoms with van der Waals surface area (Å²) in [5.41, 5.74) is 5.54. The highest BCUT2D eigenvalue weighted by molar-refractivity contribution is 7.98. The van der Waals surface area contributed by atoms with Crippen molar-refractivity contribution < 1.29 is 0 Å². The molecule has 4 nitrogen and oxygen atoms in total. The Morgan fingerprint density at radius 1 is 1.54 bits per heavy atom. The van der Waals surface area contributed by atoms with Gasteiger partial charge in [0, 0.05) is 25.4 Å². The van der Waals surface area contributed by atoms with Crippen LogP contribution < -0.4 is 10.6 Å². The zero-order valence-corrected chi connectivity index (χ0v) is 8.71. The molecular weight excluding hydrogens is 184 g/mol. The number of nitrogens with two attached hydrogens (primary N) is 1. The van der Waals surface area contributed by atoms with Gasteiger partial charge >= 0.3 is 0 Å². The molecule has 0 unspecified atom stereocenters. The fraction of sp³-hybridized carbons (Fsp3) is 0.500. The van der Waals surface area contributed by atoms with Crippen LogP contribution in [0.5, 0.6) is 0 Å². The van der Waals surface area contributed by atoms with Gasteiger partial charge in [0.2, 0.25) is 0 Å². The predicted octanol–water partition coefficient (Wildman–Crippen LogP) is 0.858. The van der Waals surface area contributed by atoms with Gasteiger partial charge in [-0.3, -0.25) is 0 Å². The molecule has 1 heterocycles. The Morgan fingerprint density at radius 3 is 2.92 bits per heavy atom. The van der Waals surface area contributed by atoms with Crippen LogP contribution in [0.4, 0.5) is 11.6 Å². The van der Waals surface area contributed by atoms with Gasteiger partial charge in [0.05, 0.1) is 0 Å². The van der Waals surface area contributed by atoms with Gasteiger partial charge in [0.15, 0.2) is 0 Å². The van der Waals surface area contributed by atoms with E-state index >= 15 is 0 Å². The second-order valence-corrected chi connectivity index (χ2v) is 3.70. The van der Waals surface area contributed by atoms with Crippen molar-refractivity contribution in [1.29, 1.82) is 0 Å². The van der Waals surface area contributed by atoms with Crippen LogP contribution in [-0.2, 0) is 0 Å². The van der Waals surface area contributed by atoms with Crippen molar-refractivity contribution in [3.8, 4) is 0 Å². The van der Waals surface area contributed by atoms with E-state index in [2.05, 4.69) is 21.1 Å². The summed E-state index contributed by atoms with van der Waals surface area (Å²) in [6.45, 7) is 0.970. The smallest absolute Gasteiger partial charge is 0.133 e. The Bertz CT molecular complexity index is 266. The number of hydrogen-bond donors (Lipinski definition) is 1. The normalized spacial score (nSPS) is 10.0. The molecule has 1 rings (SSSR count). The van der Waals surface area contributed by atoms with Crippen LogP contribution in [0.1, 0.15) is 0 Å². The number of hydrogen-bond acceptors (Lipinski definition) is 5. The van der Waals surface area contributed by atoms with Gasteiger partial charge in [-0.2, -0.15) is 11.8 Å². The lowest BCUT2D eigenvalue weighted by Gasteiger charge is -2.16. The number of thioether (sulfide) groups is 1. The standard InChI is InChI=1S/C8H14N4S/c1-12(3-4-13-2)8-5-7(9)10-6-11-8/h5-6H,3-4H2,1-2H3,(H2,9,10,11). The van der Waals surface area contributed by atoms with Crippen LogP contribution in [0, 0.1) is 0 Å². The lowest BCUT2D eigenvalue weighted by atomic mass is 10.5. The van der Waals surface area contributed by atoms with Gasteiger partial charge in [-0.1, -0.05) is 0 Å². The Kier molecular flexibility index (Phi) is 3.82. The minimum atomic E-state index is 0.515. The Balaban J connectivity index is 2.60. The molecule has 0 bridgehead atoms. The van der Waals surface area contributed by atoms with Crippen LogP contribution >= 0.6 is 11.8 Å². The molecule has 1 aromatic heterocycles. The third-order valence-electron chi connectivity index (χ3n) is 1.70. The summed E-state index contributed by atoms with van der Waals surface area (Å²) in [6, 6.07) is 1.78. The molecule has 0 fully saturated rings. The van der Waals surface area contributed by atoms with Crippen molar-refractivity contribution in [1.82, 2.24) is 9.97 Å². The first-order valence-electron chi connectivity index (χ1n) is 4.01. The summed E-state index contributed by atoms with van der Waals surface area (Å²) < 4.78 is 0. The molecule has 0 amide bonds. The lowest BCUT2D eigenvalue weighted by molar-refractivity contribution is 0.938. The second-order valence-electron chi connectivity index (χ2n) is 2.72. The second kappa shape index (κ2) is 4.91. The van der Waals surface area contributed by atoms with E-state index in [1.54, 1.807) is 6.07 Å². The first-order chi connectivity index (χ1) is 6.24. The van der Waals surface area contributed by atoms with E-state index in [1.165, 1.54) is 6.33 Å². The third-order valence-corrected chi connectivity index (χ3v) is 2.29. The van der Waals surface area contributed by atoms with Gasteiger partial charge in [-0.05, 0) is 6.26 Å². The molecule has 0 aliphatic rings. The van der Waals surface area contributed by atoms with Crippen LogP contribution in [0.15, 0.2) is 12.4 Å². The molecule has 1 aromatic rings. The first kappa shape index (κ1) is 10.1. The molecule has 0 saturated heterocycles. The van der Waals surface area contributed by atoms with Gasteiger partial charge in [-0.15, -0.1) is 0 Å². The quantitative estimate of drug-likeness (QED) is 0.777. The minimum Gasteiger partial charge on any atom is -0.384 e. The van der Waals surface area contributed by atoms with Crippen molar-refractivity contribution >= 4 is 23.4 Å². The number of nitrogens with zero attached hydrogens (tertiary/aromatic N) is 3. The van der Waals surface area contributed by atoms with E-state index in [1.807, 2.05) is 18.8 Å². The third kappa shape index (κ3) is 3.10. The average Bonchev–Trinajstić information content (AvgIpc) is 2.14. The maximum absolute atomic E-state index is 5.54. The number of rotatable bonds is 4. The van der Waals surface area contributed by atoms with Crippen LogP contribution in [0.3, 0.4) is 0 Å². The average molecular weight is 198 g/mol. The van der Waals surface area contributed by atoms with E-state index in [0.717, 1.165) is 18.1 Å². The van der Waals surface area contributed by atoms with Crippen molar-refractivity contribution in [2.75, 3.05) is 36.2 Å². The molecule has 72 valence electrons. The molecule has 5 heteroatoms. The maximum atomic E-state index is 5.54. The molecule has 0 spiro atoms. The molecule has 0 atom stereocenters. The summed E-state index contributed by atoms with van der Waals surface area (Å²) in [7, 11) is 2.00. The largest absolute Gasteiger partial charge is 0.384 e. The van der Waals surface area contributed by atoms with Crippen LogP contribution in [0.25, 0.3) is 0 Å². The Morgan fingerprint density at radius 2 is 2.31 bits per heavy atom. The Labute approximate surface area is 82.6 Å². The van der Waals surface area contributed by atoms with E-state index in [4.69, 9.17) is 5.73 Å². The molecular formula is C8H14N4S. The van der Waals surface area contributed by atoms with Gasteiger partial charge in [0.25, 0.3) is 0 Å². The molecule has 0 aliphatic carbocycles. The predicted molar refractivity (Wildman–Crippen MR) is 58.1 cm³/mol. The highest BCUT2D eigenvalue weighted by Crippen LogP contribution is 2.10. The fourth-order valence-electron chi connectivity index (χ4n) is 0.913. The number of aromatic nitrogens is 2. The monoisotopic (exact) mass is 198 g/mol. The van der Waals surface area contributed by atoms with Gasteiger partial charge in [0.1, 0.15) is 18.0 Å². The zero-order chi connectivity index (χ0) is 9.68. The van der Waals surface area contributed by atoms with Gasteiger partial charge in [-0.25, -0.2) is 9.97 Å². The summed E-state index contributed by atoms with van der Waals surface area (Å²) in [5, 5.41) is 0. The lowest BCUT2D eigenvalue weighted by Crippen LogP contribution is -2.21. The fourth-order valence-corrected chi connectivity index (χ4v) is 1.37. The number of anilines is 2. The molecule has 2 N–H and O–H groups in total. The molecule has 0 saturated carbocycles. The van der Waals surface area contributed by atoms with E-state index in [9.17, 15) is 0 Å². The Hall–Kier alpha value is -0.970. The SMILES string of the molecule is CSCCN(C)c1cc(N)ncn1. The van der Waals surface area contributed by atoms with Crippen LogP contribution in [0.2, 0.25) is 0 Å². The van der Waals surface area contributed by atoms with Crippen molar-refractivity contribution in [3.05, 3.63) is 12.4 Å². The number of nitrogen functional groups attached to an aromatic ring is 1. The van der Waals surface area contributed by atoms with E-state index < -0.39 is 0 Å². The highest BCUT2D eigenvalue weighted by Gasteiger charge is 2.01. The molecule has 13 heavy (non-hydrogen) atoms. The first-order valence-corrected chi connectivity index (χ1v) is 5.41. The minimum absolute atomic E-state index is 0.515. The van der Waals surface area contributed by atoms with Crippen molar-refractivity contribution in [2.45, 2.75) is 0 Å². The maximum Gasteiger partial charge on any atom is 0.133 e. The van der Waals surface area contributed by atoms with E-state index in [0.29, 0.717) is 5.82 Å². The topological polar surface area (TPSA) is 55.0 Å². The zero-order valence-electron chi connectivity index (χ0n) is 7.90. The van der Waals surface area contributed by atoms with Gasteiger partial charge < -0.3 is 10.6 Å². The summed E-state index contributed by atoms with van der Waals surface area (Å²) >= 11 is 1.81. The molecule has 0 radical (unpaired) electrons. The molecule has 0 aliphatic heterocycles. The summed E-state index contributed by atoms with van der Waals surface area (Å²) in [5.74, 6) is 2.47. The van der Waals surface area contributed by atoms with E-state index in [-0.39, 0.29) is 0 Å². The molecule has 0 aromatic carbocycles. The summed E-state index contributed by atoms with van der Waals surface area (Å²) in [6.07, 6.45) is 3.57. The highest BCUT2D eigenvalue weighted by atomic mass is 32.2.